The van der Waals surface area contributed by atoms with Crippen molar-refractivity contribution in [2.45, 2.75) is 18.8 Å². The van der Waals surface area contributed by atoms with E-state index in [1.807, 2.05) is 0 Å². The number of fused-ring (bicyclic) bond motifs is 1. The summed E-state index contributed by atoms with van der Waals surface area (Å²) in [4.78, 5) is 4.29. The van der Waals surface area contributed by atoms with Crippen LogP contribution < -0.4 is 0 Å². The summed E-state index contributed by atoms with van der Waals surface area (Å²) in [6, 6.07) is 2.89. The van der Waals surface area contributed by atoms with Gasteiger partial charge in [-0.15, -0.1) is 11.6 Å². The molecule has 1 unspecified atom stereocenters. The van der Waals surface area contributed by atoms with Crippen molar-refractivity contribution in [1.29, 1.82) is 0 Å². The molecule has 0 aliphatic rings. The predicted molar refractivity (Wildman–Crippen MR) is 81.4 cm³/mol. The first-order chi connectivity index (χ1) is 9.19. The fourth-order valence-electron chi connectivity index (χ4n) is 1.93. The summed E-state index contributed by atoms with van der Waals surface area (Å²) in [7, 11) is -3.11. The van der Waals surface area contributed by atoms with E-state index in [0.717, 1.165) is 0 Å². The van der Waals surface area contributed by atoms with Gasteiger partial charge in [0.1, 0.15) is 21.5 Å². The number of aryl methyl sites for hydroxylation is 1. The molecule has 20 heavy (non-hydrogen) atoms. The quantitative estimate of drug-likeness (QED) is 0.761. The van der Waals surface area contributed by atoms with Crippen LogP contribution in [0.5, 0.6) is 0 Å². The normalized spacial score (nSPS) is 13.8. The third-order valence-corrected chi connectivity index (χ3v) is 4.59. The van der Waals surface area contributed by atoms with E-state index in [2.05, 4.69) is 20.9 Å². The Hall–Kier alpha value is -0.660. The summed E-state index contributed by atoms with van der Waals surface area (Å²) >= 11 is 9.19. The molecule has 0 amide bonds. The van der Waals surface area contributed by atoms with Crippen molar-refractivity contribution >= 4 is 48.4 Å². The Kier molecular flexibility index (Phi) is 4.41. The maximum Gasteiger partial charge on any atom is 0.149 e. The minimum Gasteiger partial charge on any atom is -0.326 e. The second kappa shape index (κ2) is 5.61. The number of halogens is 3. The van der Waals surface area contributed by atoms with Gasteiger partial charge in [-0.1, -0.05) is 0 Å². The van der Waals surface area contributed by atoms with Gasteiger partial charge < -0.3 is 4.57 Å². The van der Waals surface area contributed by atoms with E-state index in [9.17, 15) is 12.8 Å². The lowest BCUT2D eigenvalue weighted by Crippen LogP contribution is -2.13. The smallest absolute Gasteiger partial charge is 0.149 e. The van der Waals surface area contributed by atoms with Crippen LogP contribution in [0.1, 0.15) is 18.1 Å². The van der Waals surface area contributed by atoms with E-state index < -0.39 is 21.0 Å². The highest BCUT2D eigenvalue weighted by Crippen LogP contribution is 2.28. The van der Waals surface area contributed by atoms with Gasteiger partial charge >= 0.3 is 0 Å². The number of hydrogen-bond donors (Lipinski definition) is 0. The zero-order chi connectivity index (χ0) is 15.1. The largest absolute Gasteiger partial charge is 0.326 e. The molecule has 4 nitrogen and oxygen atoms in total. The van der Waals surface area contributed by atoms with Gasteiger partial charge in [-0.05, 0) is 28.9 Å². The molecule has 0 saturated carbocycles. The second-order valence-electron chi connectivity index (χ2n) is 4.62. The third-order valence-electron chi connectivity index (χ3n) is 2.86. The summed E-state index contributed by atoms with van der Waals surface area (Å²) in [6.45, 7) is 1.98. The minimum absolute atomic E-state index is 0.0237. The van der Waals surface area contributed by atoms with Crippen LogP contribution in [-0.4, -0.2) is 30.0 Å². The van der Waals surface area contributed by atoms with Crippen LogP contribution in [-0.2, 0) is 16.4 Å². The fraction of sp³-hybridized carbons (Fsp3) is 0.417. The second-order valence-corrected chi connectivity index (χ2v) is 8.39. The summed E-state index contributed by atoms with van der Waals surface area (Å²) in [5, 5.41) is -0.399. The third kappa shape index (κ3) is 3.32. The Labute approximate surface area is 130 Å². The zero-order valence-corrected chi connectivity index (χ0v) is 14.1. The number of alkyl halides is 1. The van der Waals surface area contributed by atoms with Gasteiger partial charge in [-0.3, -0.25) is 0 Å². The van der Waals surface area contributed by atoms with Gasteiger partial charge in [0.2, 0.25) is 0 Å². The molecule has 0 bridgehead atoms. The highest BCUT2D eigenvalue weighted by Gasteiger charge is 2.17. The molecule has 1 atom stereocenters. The van der Waals surface area contributed by atoms with Crippen molar-refractivity contribution in [2.75, 3.05) is 12.0 Å². The highest BCUT2D eigenvalue weighted by atomic mass is 79.9. The van der Waals surface area contributed by atoms with Gasteiger partial charge in [-0.25, -0.2) is 17.8 Å². The molecule has 0 N–H and O–H groups in total. The van der Waals surface area contributed by atoms with Gasteiger partial charge in [0, 0.05) is 18.9 Å². The topological polar surface area (TPSA) is 52.0 Å². The van der Waals surface area contributed by atoms with Crippen LogP contribution in [0, 0.1) is 5.82 Å². The molecule has 8 heteroatoms. The number of aromatic nitrogens is 2. The zero-order valence-electron chi connectivity index (χ0n) is 10.9. The number of benzene rings is 1. The van der Waals surface area contributed by atoms with Crippen LogP contribution in [0.25, 0.3) is 11.0 Å². The molecule has 0 fully saturated rings. The molecule has 0 saturated heterocycles. The van der Waals surface area contributed by atoms with Gasteiger partial charge in [-0.2, -0.15) is 0 Å². The van der Waals surface area contributed by atoms with Crippen LogP contribution in [0.15, 0.2) is 16.6 Å². The molecule has 2 rings (SSSR count). The van der Waals surface area contributed by atoms with E-state index in [1.165, 1.54) is 12.3 Å². The molecule has 0 radical (unpaired) electrons. The lowest BCUT2D eigenvalue weighted by Gasteiger charge is -2.10. The van der Waals surface area contributed by atoms with Crippen LogP contribution in [0.3, 0.4) is 0 Å². The summed E-state index contributed by atoms with van der Waals surface area (Å²) in [5.41, 5.74) is 1.12. The van der Waals surface area contributed by atoms with E-state index in [1.54, 1.807) is 17.6 Å². The maximum atomic E-state index is 13.5. The van der Waals surface area contributed by atoms with Crippen molar-refractivity contribution in [3.63, 3.8) is 0 Å². The van der Waals surface area contributed by atoms with Crippen molar-refractivity contribution in [3.8, 4) is 0 Å². The van der Waals surface area contributed by atoms with Crippen LogP contribution in [0.2, 0.25) is 0 Å². The maximum absolute atomic E-state index is 13.5. The highest BCUT2D eigenvalue weighted by molar-refractivity contribution is 9.10. The Morgan fingerprint density at radius 3 is 2.70 bits per heavy atom. The van der Waals surface area contributed by atoms with Gasteiger partial charge in [0.05, 0.1) is 26.6 Å². The summed E-state index contributed by atoms with van der Waals surface area (Å²) in [5.74, 6) is 0.0891. The van der Waals surface area contributed by atoms with E-state index in [0.29, 0.717) is 21.3 Å². The first kappa shape index (κ1) is 15.7. The Morgan fingerprint density at radius 2 is 2.15 bits per heavy atom. The molecule has 0 aliphatic carbocycles. The van der Waals surface area contributed by atoms with Crippen molar-refractivity contribution in [1.82, 2.24) is 9.55 Å². The monoisotopic (exact) mass is 382 g/mol. The molecular formula is C12H13BrClFN2O2S. The average Bonchev–Trinajstić information content (AvgIpc) is 2.64. The lowest BCUT2D eigenvalue weighted by molar-refractivity contribution is 0.593. The lowest BCUT2D eigenvalue weighted by atomic mass is 10.3. The summed E-state index contributed by atoms with van der Waals surface area (Å²) < 4.78 is 38.2. The van der Waals surface area contributed by atoms with Crippen molar-refractivity contribution < 1.29 is 12.8 Å². The Morgan fingerprint density at radius 1 is 1.50 bits per heavy atom. The number of sulfone groups is 1. The molecule has 1 aromatic heterocycles. The van der Waals surface area contributed by atoms with E-state index in [-0.39, 0.29) is 12.3 Å². The first-order valence-corrected chi connectivity index (χ1v) is 9.15. The average molecular weight is 384 g/mol. The molecule has 1 aromatic carbocycles. The van der Waals surface area contributed by atoms with Gasteiger partial charge in [0.15, 0.2) is 0 Å². The van der Waals surface area contributed by atoms with Crippen molar-refractivity contribution in [3.05, 3.63) is 28.2 Å². The molecule has 2 aromatic rings. The fourth-order valence-corrected chi connectivity index (χ4v) is 2.95. The van der Waals surface area contributed by atoms with E-state index in [4.69, 9.17) is 11.6 Å². The Bertz CT molecular complexity index is 758. The number of rotatable bonds is 4. The molecule has 110 valence electrons. The molecule has 1 heterocycles. The van der Waals surface area contributed by atoms with Crippen molar-refractivity contribution in [2.24, 2.45) is 0 Å². The standard InChI is InChI=1S/C12H13BrClFN2O2S/c1-7(14)12-16-10-6-9(15)8(13)5-11(10)17(12)3-4-20(2,18)19/h5-7H,3-4H2,1-2H3. The molecule has 0 spiro atoms. The summed E-state index contributed by atoms with van der Waals surface area (Å²) in [6.07, 6.45) is 1.17. The molecular weight excluding hydrogens is 371 g/mol. The van der Waals surface area contributed by atoms with E-state index >= 15 is 0 Å². The number of hydrogen-bond acceptors (Lipinski definition) is 3. The SMILES string of the molecule is CC(Cl)c1nc2cc(F)c(Br)cc2n1CCS(C)(=O)=O. The predicted octanol–water partition coefficient (Wildman–Crippen LogP) is 3.28. The minimum atomic E-state index is -3.11. The first-order valence-electron chi connectivity index (χ1n) is 5.86. The van der Waals surface area contributed by atoms with Crippen LogP contribution in [0.4, 0.5) is 4.39 Å². The Balaban J connectivity index is 2.59. The van der Waals surface area contributed by atoms with Gasteiger partial charge in [0.25, 0.3) is 0 Å². The molecule has 0 aliphatic heterocycles. The number of imidazole rings is 1. The van der Waals surface area contributed by atoms with Crippen LogP contribution >= 0.6 is 27.5 Å². The number of nitrogens with zero attached hydrogens (tertiary/aromatic N) is 2.